The summed E-state index contributed by atoms with van der Waals surface area (Å²) in [5, 5.41) is 7.29. The van der Waals surface area contributed by atoms with E-state index in [0.29, 0.717) is 32.5 Å². The quantitative estimate of drug-likeness (QED) is 0.208. The zero-order valence-corrected chi connectivity index (χ0v) is 25.2. The summed E-state index contributed by atoms with van der Waals surface area (Å²) >= 11 is 0. The average Bonchev–Trinajstić information content (AvgIpc) is 2.95. The van der Waals surface area contributed by atoms with Crippen LogP contribution in [0.25, 0.3) is 0 Å². The largest absolute Gasteiger partial charge is 0.494 e. The lowest BCUT2D eigenvalue weighted by atomic mass is 9.84. The lowest BCUT2D eigenvalue weighted by Gasteiger charge is -2.29. The van der Waals surface area contributed by atoms with Crippen LogP contribution in [0.5, 0.6) is 17.2 Å². The first kappa shape index (κ1) is 31.4. The average molecular weight is 552 g/mol. The van der Waals surface area contributed by atoms with Gasteiger partial charge in [0.05, 0.1) is 32.2 Å². The highest BCUT2D eigenvalue weighted by atomic mass is 16.5. The fraction of sp³-hybridized carbons (Fsp3) is 0.562. The molecule has 2 aliphatic carbocycles. The zero-order valence-electron chi connectivity index (χ0n) is 25.2. The summed E-state index contributed by atoms with van der Waals surface area (Å²) in [6.45, 7) is 13.8. The SMILES string of the molecule is C=N/C(=C1/C=CC=C/C1=N/CNC1CCC(CCNCc2cc(OCC)cc(OCC)c2OCC)CC1)N(C)C. The van der Waals surface area contributed by atoms with E-state index in [4.69, 9.17) is 19.2 Å². The summed E-state index contributed by atoms with van der Waals surface area (Å²) in [4.78, 5) is 11.0. The van der Waals surface area contributed by atoms with E-state index in [1.807, 2.05) is 70.1 Å². The van der Waals surface area contributed by atoms with Gasteiger partial charge in [0.1, 0.15) is 11.6 Å². The Bertz CT molecular complexity index is 1070. The molecule has 40 heavy (non-hydrogen) atoms. The van der Waals surface area contributed by atoms with Crippen LogP contribution in [0.3, 0.4) is 0 Å². The van der Waals surface area contributed by atoms with E-state index < -0.39 is 0 Å². The van der Waals surface area contributed by atoms with Gasteiger partial charge in [0.2, 0.25) is 0 Å². The highest BCUT2D eigenvalue weighted by Crippen LogP contribution is 2.36. The van der Waals surface area contributed by atoms with Crippen LogP contribution in [-0.2, 0) is 6.54 Å². The minimum Gasteiger partial charge on any atom is -0.494 e. The minimum absolute atomic E-state index is 0.516. The van der Waals surface area contributed by atoms with Crippen LogP contribution in [0, 0.1) is 5.92 Å². The van der Waals surface area contributed by atoms with Gasteiger partial charge >= 0.3 is 0 Å². The van der Waals surface area contributed by atoms with Crippen molar-refractivity contribution >= 4 is 12.4 Å². The second-order valence-electron chi connectivity index (χ2n) is 10.3. The van der Waals surface area contributed by atoms with Crippen molar-refractivity contribution in [3.05, 3.63) is 53.4 Å². The smallest absolute Gasteiger partial charge is 0.165 e. The van der Waals surface area contributed by atoms with Gasteiger partial charge in [-0.05, 0) is 90.3 Å². The number of nitrogens with zero attached hydrogens (tertiary/aromatic N) is 3. The molecule has 0 aromatic heterocycles. The molecule has 1 aromatic rings. The van der Waals surface area contributed by atoms with Gasteiger partial charge in [0.15, 0.2) is 11.5 Å². The topological polar surface area (TPSA) is 79.7 Å². The third-order valence-electron chi connectivity index (χ3n) is 7.24. The number of hydrogen-bond donors (Lipinski definition) is 2. The molecule has 0 bridgehead atoms. The van der Waals surface area contributed by atoms with Crippen LogP contribution in [0.15, 0.2) is 57.8 Å². The molecule has 2 N–H and O–H groups in total. The van der Waals surface area contributed by atoms with Crippen molar-refractivity contribution in [1.29, 1.82) is 0 Å². The Balaban J connectivity index is 1.44. The molecule has 8 heteroatoms. The number of ether oxygens (including phenoxy) is 3. The first-order valence-electron chi connectivity index (χ1n) is 14.8. The summed E-state index contributed by atoms with van der Waals surface area (Å²) < 4.78 is 17.6. The molecule has 2 aliphatic rings. The second kappa shape index (κ2) is 16.9. The molecule has 0 heterocycles. The number of allylic oxidation sites excluding steroid dienone is 5. The van der Waals surface area contributed by atoms with Crippen LogP contribution in [0.2, 0.25) is 0 Å². The predicted octanol–water partition coefficient (Wildman–Crippen LogP) is 5.51. The van der Waals surface area contributed by atoms with Crippen LogP contribution in [0.1, 0.15) is 58.4 Å². The molecule has 0 aliphatic heterocycles. The molecule has 0 amide bonds. The summed E-state index contributed by atoms with van der Waals surface area (Å²) in [6, 6.07) is 4.51. The molecule has 1 fully saturated rings. The Kier molecular flexibility index (Phi) is 13.3. The number of benzene rings is 1. The molecule has 3 rings (SSSR count). The monoisotopic (exact) mass is 551 g/mol. The van der Waals surface area contributed by atoms with Crippen LogP contribution >= 0.6 is 0 Å². The normalized spacial score (nSPS) is 20.9. The van der Waals surface area contributed by atoms with Gasteiger partial charge in [0, 0.05) is 43.9 Å². The van der Waals surface area contributed by atoms with Crippen molar-refractivity contribution in [3.63, 3.8) is 0 Å². The van der Waals surface area contributed by atoms with Crippen molar-refractivity contribution in [2.45, 2.75) is 65.5 Å². The lowest BCUT2D eigenvalue weighted by Crippen LogP contribution is -2.34. The first-order chi connectivity index (χ1) is 19.5. The molecular weight excluding hydrogens is 502 g/mol. The number of rotatable bonds is 16. The maximum absolute atomic E-state index is 5.96. The van der Waals surface area contributed by atoms with E-state index in [-0.39, 0.29) is 0 Å². The van der Waals surface area contributed by atoms with Crippen molar-refractivity contribution in [3.8, 4) is 17.2 Å². The van der Waals surface area contributed by atoms with Crippen LogP contribution in [-0.4, -0.2) is 70.5 Å². The zero-order chi connectivity index (χ0) is 28.7. The Morgan fingerprint density at radius 2 is 1.70 bits per heavy atom. The van der Waals surface area contributed by atoms with E-state index >= 15 is 0 Å². The summed E-state index contributed by atoms with van der Waals surface area (Å²) in [6.07, 6.45) is 14.2. The second-order valence-corrected chi connectivity index (χ2v) is 10.3. The van der Waals surface area contributed by atoms with Crippen LogP contribution in [0.4, 0.5) is 0 Å². The van der Waals surface area contributed by atoms with Gasteiger partial charge in [-0.1, -0.05) is 12.2 Å². The van der Waals surface area contributed by atoms with Gasteiger partial charge < -0.3 is 24.4 Å². The Hall–Kier alpha value is -3.10. The highest BCUT2D eigenvalue weighted by molar-refractivity contribution is 6.12. The van der Waals surface area contributed by atoms with Gasteiger partial charge in [-0.3, -0.25) is 10.3 Å². The molecule has 220 valence electrons. The molecule has 0 radical (unpaired) electrons. The van der Waals surface area contributed by atoms with Crippen LogP contribution < -0.4 is 24.8 Å². The predicted molar refractivity (Wildman–Crippen MR) is 166 cm³/mol. The van der Waals surface area contributed by atoms with Gasteiger partial charge in [-0.25, -0.2) is 4.99 Å². The maximum atomic E-state index is 5.96. The van der Waals surface area contributed by atoms with E-state index in [2.05, 4.69) is 28.4 Å². The standard InChI is InChI=1S/C32H49N5O3/c1-7-38-27-20-25(31(40-9-3)30(21-27)39-8-2)22-34-19-18-24-14-16-26(17-15-24)35-23-36-29-13-11-10-12-28(29)32(33-4)37(5)6/h10-13,20-21,24,26,34-35H,4,7-9,14-19,22-23H2,1-3,5-6H3/b32-28+,36-29-. The molecular formula is C32H49N5O3. The summed E-state index contributed by atoms with van der Waals surface area (Å²) in [7, 11) is 3.95. The molecule has 0 atom stereocenters. The molecule has 8 nitrogen and oxygen atoms in total. The molecule has 0 unspecified atom stereocenters. The van der Waals surface area contributed by atoms with Crippen molar-refractivity contribution in [2.24, 2.45) is 15.9 Å². The summed E-state index contributed by atoms with van der Waals surface area (Å²) in [5.74, 6) is 3.97. The highest BCUT2D eigenvalue weighted by Gasteiger charge is 2.21. The molecule has 1 saturated carbocycles. The minimum atomic E-state index is 0.516. The third-order valence-corrected chi connectivity index (χ3v) is 7.24. The van der Waals surface area contributed by atoms with E-state index in [9.17, 15) is 0 Å². The van der Waals surface area contributed by atoms with E-state index in [0.717, 1.165) is 58.9 Å². The lowest BCUT2D eigenvalue weighted by molar-refractivity contribution is 0.275. The van der Waals surface area contributed by atoms with Gasteiger partial charge in [-0.2, -0.15) is 0 Å². The Morgan fingerprint density at radius 1 is 0.975 bits per heavy atom. The van der Waals surface area contributed by atoms with E-state index in [1.165, 1.54) is 32.1 Å². The summed E-state index contributed by atoms with van der Waals surface area (Å²) in [5.41, 5.74) is 3.03. The first-order valence-corrected chi connectivity index (χ1v) is 14.8. The van der Waals surface area contributed by atoms with Crippen molar-refractivity contribution in [2.75, 3.05) is 47.1 Å². The maximum Gasteiger partial charge on any atom is 0.165 e. The Morgan fingerprint density at radius 3 is 2.38 bits per heavy atom. The number of nitrogens with one attached hydrogen (secondary N) is 2. The van der Waals surface area contributed by atoms with Crippen molar-refractivity contribution in [1.82, 2.24) is 15.5 Å². The molecule has 1 aromatic carbocycles. The Labute approximate surface area is 241 Å². The third kappa shape index (κ3) is 9.24. The molecule has 0 saturated heterocycles. The molecule has 0 spiro atoms. The number of hydrogen-bond acceptors (Lipinski definition) is 8. The van der Waals surface area contributed by atoms with Gasteiger partial charge in [0.25, 0.3) is 0 Å². The number of aliphatic imine (C=N–C) groups is 2. The fourth-order valence-electron chi connectivity index (χ4n) is 5.30. The van der Waals surface area contributed by atoms with Gasteiger partial charge in [-0.15, -0.1) is 0 Å². The van der Waals surface area contributed by atoms with Crippen molar-refractivity contribution < 1.29 is 14.2 Å². The van der Waals surface area contributed by atoms with E-state index in [1.54, 1.807) is 0 Å². The fourth-order valence-corrected chi connectivity index (χ4v) is 5.30.